The Bertz CT molecular complexity index is 951. The maximum Gasteiger partial charge on any atom is 0.294 e. The standard InChI is InChI=1S/C20H17Cl2NO4/c1-10(2)18(25)16-17(11-3-8-15(24)14(22)9-11)23(20(27)19(16)26)13-6-4-12(21)5-7-13/h3-10,17,24,26H,1-2H3. The Labute approximate surface area is 166 Å². The first-order chi connectivity index (χ1) is 12.7. The first-order valence-electron chi connectivity index (χ1n) is 8.27. The van der Waals surface area contributed by atoms with E-state index >= 15 is 0 Å². The van der Waals surface area contributed by atoms with Crippen molar-refractivity contribution in [2.24, 2.45) is 5.92 Å². The summed E-state index contributed by atoms with van der Waals surface area (Å²) < 4.78 is 0. The van der Waals surface area contributed by atoms with Gasteiger partial charge >= 0.3 is 0 Å². The third-order valence-electron chi connectivity index (χ3n) is 4.39. The molecule has 1 aliphatic rings. The molecule has 0 bridgehead atoms. The van der Waals surface area contributed by atoms with Crippen molar-refractivity contribution in [1.29, 1.82) is 0 Å². The van der Waals surface area contributed by atoms with Crippen LogP contribution in [0.15, 0.2) is 53.8 Å². The summed E-state index contributed by atoms with van der Waals surface area (Å²) in [4.78, 5) is 26.9. The van der Waals surface area contributed by atoms with Crippen LogP contribution in [0.1, 0.15) is 25.5 Å². The van der Waals surface area contributed by atoms with Gasteiger partial charge in [-0.15, -0.1) is 0 Å². The highest BCUT2D eigenvalue weighted by Gasteiger charge is 2.44. The van der Waals surface area contributed by atoms with E-state index in [1.807, 2.05) is 0 Å². The smallest absolute Gasteiger partial charge is 0.294 e. The number of phenolic OH excluding ortho intramolecular Hbond substituents is 1. The number of phenols is 1. The normalized spacial score (nSPS) is 17.1. The number of benzene rings is 2. The number of rotatable bonds is 4. The van der Waals surface area contributed by atoms with Gasteiger partial charge in [-0.2, -0.15) is 0 Å². The molecule has 1 heterocycles. The fourth-order valence-electron chi connectivity index (χ4n) is 3.04. The first kappa shape index (κ1) is 19.3. The van der Waals surface area contributed by atoms with Crippen LogP contribution in [0, 0.1) is 5.92 Å². The van der Waals surface area contributed by atoms with E-state index in [1.165, 1.54) is 17.0 Å². The average molecular weight is 406 g/mol. The summed E-state index contributed by atoms with van der Waals surface area (Å²) in [6.07, 6.45) is 0. The van der Waals surface area contributed by atoms with Gasteiger partial charge in [0.25, 0.3) is 5.91 Å². The minimum atomic E-state index is -0.869. The molecule has 0 radical (unpaired) electrons. The Morgan fingerprint density at radius 1 is 1.07 bits per heavy atom. The van der Waals surface area contributed by atoms with Gasteiger partial charge in [0.1, 0.15) is 5.75 Å². The van der Waals surface area contributed by atoms with Gasteiger partial charge in [0.15, 0.2) is 11.5 Å². The second-order valence-corrected chi connectivity index (χ2v) is 7.39. The zero-order chi connectivity index (χ0) is 19.9. The number of Topliss-reactive ketones (excluding diaryl/α,β-unsaturated/α-hetero) is 1. The van der Waals surface area contributed by atoms with E-state index in [1.54, 1.807) is 44.2 Å². The molecular weight excluding hydrogens is 389 g/mol. The molecule has 2 N–H and O–H groups in total. The number of halogens is 2. The van der Waals surface area contributed by atoms with Crippen molar-refractivity contribution in [1.82, 2.24) is 0 Å². The van der Waals surface area contributed by atoms with Crippen molar-refractivity contribution in [3.8, 4) is 5.75 Å². The Morgan fingerprint density at radius 2 is 1.70 bits per heavy atom. The number of nitrogens with zero attached hydrogens (tertiary/aromatic N) is 1. The fraction of sp³-hybridized carbons (Fsp3) is 0.200. The topological polar surface area (TPSA) is 77.8 Å². The van der Waals surface area contributed by atoms with E-state index < -0.39 is 23.6 Å². The summed E-state index contributed by atoms with van der Waals surface area (Å²) >= 11 is 12.0. The van der Waals surface area contributed by atoms with Crippen LogP contribution in [0.4, 0.5) is 5.69 Å². The predicted octanol–water partition coefficient (Wildman–Crippen LogP) is 4.82. The largest absolute Gasteiger partial charge is 0.506 e. The van der Waals surface area contributed by atoms with Crippen molar-refractivity contribution < 1.29 is 19.8 Å². The molecule has 3 rings (SSSR count). The monoisotopic (exact) mass is 405 g/mol. The summed E-state index contributed by atoms with van der Waals surface area (Å²) in [5.41, 5.74) is 0.970. The summed E-state index contributed by atoms with van der Waals surface area (Å²) in [7, 11) is 0. The zero-order valence-electron chi connectivity index (χ0n) is 14.6. The lowest BCUT2D eigenvalue weighted by molar-refractivity contribution is -0.119. The van der Waals surface area contributed by atoms with Crippen LogP contribution in [-0.2, 0) is 9.59 Å². The van der Waals surface area contributed by atoms with Gasteiger partial charge in [0.05, 0.1) is 16.6 Å². The molecule has 0 aromatic heterocycles. The first-order valence-corrected chi connectivity index (χ1v) is 9.02. The zero-order valence-corrected chi connectivity index (χ0v) is 16.1. The molecule has 1 unspecified atom stereocenters. The number of carbonyl (C=O) groups excluding carboxylic acids is 2. The molecule has 0 fully saturated rings. The summed E-state index contributed by atoms with van der Waals surface area (Å²) in [6, 6.07) is 10.0. The van der Waals surface area contributed by atoms with Gasteiger partial charge in [-0.1, -0.05) is 43.1 Å². The number of amides is 1. The second-order valence-electron chi connectivity index (χ2n) is 6.55. The van der Waals surface area contributed by atoms with Crippen molar-refractivity contribution in [3.05, 3.63) is 69.4 Å². The SMILES string of the molecule is CC(C)C(=O)C1=C(O)C(=O)N(c2ccc(Cl)cc2)C1c1ccc(O)c(Cl)c1. The number of aliphatic hydroxyl groups is 1. The molecule has 1 atom stereocenters. The molecule has 140 valence electrons. The third kappa shape index (κ3) is 3.40. The van der Waals surface area contributed by atoms with E-state index in [2.05, 4.69) is 0 Å². The second kappa shape index (κ2) is 7.25. The molecule has 1 amide bonds. The lowest BCUT2D eigenvalue weighted by Crippen LogP contribution is -2.31. The average Bonchev–Trinajstić information content (AvgIpc) is 2.89. The molecule has 27 heavy (non-hydrogen) atoms. The highest BCUT2D eigenvalue weighted by molar-refractivity contribution is 6.32. The summed E-state index contributed by atoms with van der Waals surface area (Å²) in [5, 5.41) is 20.8. The number of carbonyl (C=O) groups is 2. The number of hydrogen-bond donors (Lipinski definition) is 2. The van der Waals surface area contributed by atoms with Crippen molar-refractivity contribution in [3.63, 3.8) is 0 Å². The predicted molar refractivity (Wildman–Crippen MR) is 104 cm³/mol. The molecule has 1 aliphatic heterocycles. The minimum Gasteiger partial charge on any atom is -0.506 e. The summed E-state index contributed by atoms with van der Waals surface area (Å²) in [5.74, 6) is -2.15. The van der Waals surface area contributed by atoms with Gasteiger partial charge in [0, 0.05) is 16.6 Å². The van der Waals surface area contributed by atoms with E-state index in [9.17, 15) is 19.8 Å². The Kier molecular flexibility index (Phi) is 5.18. The Hall–Kier alpha value is -2.50. The van der Waals surface area contributed by atoms with Crippen LogP contribution < -0.4 is 4.90 Å². The van der Waals surface area contributed by atoms with Crippen LogP contribution in [0.25, 0.3) is 0 Å². The quantitative estimate of drug-likeness (QED) is 0.763. The van der Waals surface area contributed by atoms with Crippen LogP contribution >= 0.6 is 23.2 Å². The molecule has 0 spiro atoms. The van der Waals surface area contributed by atoms with Crippen molar-refractivity contribution >= 4 is 40.6 Å². The summed E-state index contributed by atoms with van der Waals surface area (Å²) in [6.45, 7) is 3.39. The van der Waals surface area contributed by atoms with Gasteiger partial charge in [0.2, 0.25) is 0 Å². The molecule has 2 aromatic carbocycles. The maximum atomic E-state index is 12.8. The highest BCUT2D eigenvalue weighted by Crippen LogP contribution is 2.43. The number of anilines is 1. The minimum absolute atomic E-state index is 0.00621. The lowest BCUT2D eigenvalue weighted by Gasteiger charge is -2.27. The van der Waals surface area contributed by atoms with E-state index in [0.717, 1.165) is 0 Å². The number of aliphatic hydroxyl groups excluding tert-OH is 1. The van der Waals surface area contributed by atoms with Gasteiger partial charge in [-0.3, -0.25) is 14.5 Å². The van der Waals surface area contributed by atoms with Gasteiger partial charge < -0.3 is 10.2 Å². The van der Waals surface area contributed by atoms with Gasteiger partial charge in [-0.25, -0.2) is 0 Å². The van der Waals surface area contributed by atoms with E-state index in [4.69, 9.17) is 23.2 Å². The maximum absolute atomic E-state index is 12.8. The van der Waals surface area contributed by atoms with Crippen LogP contribution in [0.3, 0.4) is 0 Å². The number of hydrogen-bond acceptors (Lipinski definition) is 4. The third-order valence-corrected chi connectivity index (χ3v) is 4.94. The van der Waals surface area contributed by atoms with Crippen LogP contribution in [0.5, 0.6) is 5.75 Å². The number of ketones is 1. The molecule has 0 aliphatic carbocycles. The molecule has 5 nitrogen and oxygen atoms in total. The van der Waals surface area contributed by atoms with Crippen molar-refractivity contribution in [2.75, 3.05) is 4.90 Å². The Morgan fingerprint density at radius 3 is 2.26 bits per heavy atom. The number of aromatic hydroxyl groups is 1. The highest BCUT2D eigenvalue weighted by atomic mass is 35.5. The fourth-order valence-corrected chi connectivity index (χ4v) is 3.36. The molecule has 7 heteroatoms. The van der Waals surface area contributed by atoms with Crippen LogP contribution in [-0.4, -0.2) is 21.9 Å². The molecule has 0 saturated carbocycles. The van der Waals surface area contributed by atoms with E-state index in [0.29, 0.717) is 16.3 Å². The van der Waals surface area contributed by atoms with E-state index in [-0.39, 0.29) is 22.1 Å². The Balaban J connectivity index is 2.20. The van der Waals surface area contributed by atoms with Crippen molar-refractivity contribution in [2.45, 2.75) is 19.9 Å². The molecule has 2 aromatic rings. The lowest BCUT2D eigenvalue weighted by atomic mass is 9.91. The van der Waals surface area contributed by atoms with Gasteiger partial charge in [-0.05, 0) is 42.0 Å². The molecule has 0 saturated heterocycles. The molecular formula is C20H17Cl2NO4. The van der Waals surface area contributed by atoms with Crippen LogP contribution in [0.2, 0.25) is 10.0 Å².